The predicted octanol–water partition coefficient (Wildman–Crippen LogP) is 1.97. The molecule has 6 heteroatoms. The van der Waals surface area contributed by atoms with Crippen LogP contribution in [0.5, 0.6) is 0 Å². The van der Waals surface area contributed by atoms with Gasteiger partial charge in [-0.3, -0.25) is 15.1 Å². The highest BCUT2D eigenvalue weighted by molar-refractivity contribution is 5.66. The van der Waals surface area contributed by atoms with Crippen LogP contribution in [0.4, 0.5) is 0 Å². The number of fused-ring (bicyclic) bond motifs is 1. The summed E-state index contributed by atoms with van der Waals surface area (Å²) >= 11 is 0. The Balaban J connectivity index is 1.71. The zero-order valence-electron chi connectivity index (χ0n) is 13.8. The minimum absolute atomic E-state index is 0.108. The average molecular weight is 327 g/mol. The number of nitrogens with one attached hydrogen (secondary N) is 1. The Hall–Kier alpha value is -1.11. The van der Waals surface area contributed by atoms with Crippen molar-refractivity contribution in [2.45, 2.75) is 70.5 Å². The van der Waals surface area contributed by atoms with Crippen molar-refractivity contribution in [3.05, 3.63) is 11.3 Å². The first kappa shape index (κ1) is 18.2. The number of carbonyl (C=O) groups is 1. The summed E-state index contributed by atoms with van der Waals surface area (Å²) < 4.78 is 0. The molecule has 0 spiro atoms. The smallest absolute Gasteiger partial charge is 0.303 e. The van der Waals surface area contributed by atoms with Crippen LogP contribution in [0.25, 0.3) is 0 Å². The van der Waals surface area contributed by atoms with E-state index in [9.17, 15) is 15.0 Å². The zero-order chi connectivity index (χ0) is 16.8. The summed E-state index contributed by atoms with van der Waals surface area (Å²) in [5.41, 5.74) is 5.20. The molecule has 0 heterocycles. The topological polar surface area (TPSA) is 99.0 Å². The largest absolute Gasteiger partial charge is 0.481 e. The zero-order valence-corrected chi connectivity index (χ0v) is 13.8. The molecule has 0 aromatic rings. The third-order valence-corrected chi connectivity index (χ3v) is 4.99. The van der Waals surface area contributed by atoms with Crippen molar-refractivity contribution in [3.63, 3.8) is 0 Å². The number of aliphatic hydroxyl groups is 2. The normalized spacial score (nSPS) is 27.5. The van der Waals surface area contributed by atoms with Crippen molar-refractivity contribution in [1.82, 2.24) is 5.48 Å². The Morgan fingerprint density at radius 3 is 2.87 bits per heavy atom. The molecule has 23 heavy (non-hydrogen) atoms. The molecule has 0 amide bonds. The lowest BCUT2D eigenvalue weighted by molar-refractivity contribution is -0.137. The Kier molecular flexibility index (Phi) is 6.87. The van der Waals surface area contributed by atoms with Crippen LogP contribution in [0.1, 0.15) is 58.3 Å². The predicted molar refractivity (Wildman–Crippen MR) is 85.4 cm³/mol. The molecule has 2 aliphatic rings. The minimum Gasteiger partial charge on any atom is -0.481 e. The van der Waals surface area contributed by atoms with Gasteiger partial charge < -0.3 is 15.3 Å². The maximum absolute atomic E-state index is 10.4. The number of allylic oxidation sites excluding steroid dienone is 1. The quantitative estimate of drug-likeness (QED) is 0.342. The van der Waals surface area contributed by atoms with E-state index >= 15 is 0 Å². The molecular formula is C17H29NO5. The standard InChI is InChI=1S/C17H29NO5/c1-2-4-11(19)6-7-12-13-9-15(14(13)10-16(12)20)18-23-8-3-5-17(21)22/h11-13,16,18-20H,2-10H2,1H3,(H,21,22). The van der Waals surface area contributed by atoms with Crippen molar-refractivity contribution < 1.29 is 25.0 Å². The van der Waals surface area contributed by atoms with Gasteiger partial charge in [-0.25, -0.2) is 0 Å². The molecule has 0 aliphatic heterocycles. The van der Waals surface area contributed by atoms with Crippen molar-refractivity contribution in [1.29, 1.82) is 0 Å². The van der Waals surface area contributed by atoms with Crippen molar-refractivity contribution in [2.24, 2.45) is 11.8 Å². The Bertz CT molecular complexity index is 437. The van der Waals surface area contributed by atoms with E-state index in [0.29, 0.717) is 25.4 Å². The third-order valence-electron chi connectivity index (χ3n) is 4.99. The van der Waals surface area contributed by atoms with E-state index in [1.165, 1.54) is 5.57 Å². The number of aliphatic carboxylic acids is 1. The van der Waals surface area contributed by atoms with Crippen LogP contribution in [-0.4, -0.2) is 40.1 Å². The molecule has 132 valence electrons. The Labute approximate surface area is 137 Å². The first-order chi connectivity index (χ1) is 11.0. The van der Waals surface area contributed by atoms with Crippen LogP contribution in [0.2, 0.25) is 0 Å². The molecule has 1 saturated carbocycles. The van der Waals surface area contributed by atoms with Crippen molar-refractivity contribution in [2.75, 3.05) is 6.61 Å². The Morgan fingerprint density at radius 2 is 2.17 bits per heavy atom. The molecule has 4 unspecified atom stereocenters. The molecule has 2 aliphatic carbocycles. The lowest BCUT2D eigenvalue weighted by atomic mass is 9.77. The van der Waals surface area contributed by atoms with Gasteiger partial charge in [-0.05, 0) is 55.9 Å². The first-order valence-electron chi connectivity index (χ1n) is 8.70. The number of carboxylic acids is 1. The summed E-state index contributed by atoms with van der Waals surface area (Å²) in [5, 5.41) is 28.7. The molecule has 0 radical (unpaired) electrons. The van der Waals surface area contributed by atoms with E-state index < -0.39 is 5.97 Å². The molecule has 6 nitrogen and oxygen atoms in total. The second-order valence-corrected chi connectivity index (χ2v) is 6.72. The number of hydroxylamine groups is 1. The SMILES string of the molecule is CCCC(O)CCC1C(O)CC2=C(NOCCCC(=O)O)CC21. The minimum atomic E-state index is -0.814. The van der Waals surface area contributed by atoms with Crippen LogP contribution in [0, 0.1) is 11.8 Å². The highest BCUT2D eigenvalue weighted by atomic mass is 16.6. The summed E-state index contributed by atoms with van der Waals surface area (Å²) in [6.07, 6.45) is 5.00. The lowest BCUT2D eigenvalue weighted by Crippen LogP contribution is -2.30. The van der Waals surface area contributed by atoms with Gasteiger partial charge >= 0.3 is 5.97 Å². The van der Waals surface area contributed by atoms with E-state index in [2.05, 4.69) is 12.4 Å². The van der Waals surface area contributed by atoms with Gasteiger partial charge in [-0.15, -0.1) is 0 Å². The second kappa shape index (κ2) is 8.66. The molecule has 0 aromatic heterocycles. The van der Waals surface area contributed by atoms with Gasteiger partial charge in [0.2, 0.25) is 0 Å². The summed E-state index contributed by atoms with van der Waals surface area (Å²) in [4.78, 5) is 15.7. The van der Waals surface area contributed by atoms with Gasteiger partial charge in [0.25, 0.3) is 0 Å². The molecule has 4 atom stereocenters. The molecule has 4 N–H and O–H groups in total. The maximum Gasteiger partial charge on any atom is 0.303 e. The van der Waals surface area contributed by atoms with Crippen molar-refractivity contribution in [3.8, 4) is 0 Å². The first-order valence-corrected chi connectivity index (χ1v) is 8.70. The molecule has 0 saturated heterocycles. The summed E-state index contributed by atoms with van der Waals surface area (Å²) in [7, 11) is 0. The summed E-state index contributed by atoms with van der Waals surface area (Å²) in [6.45, 7) is 2.43. The lowest BCUT2D eigenvalue weighted by Gasteiger charge is -2.32. The number of aliphatic hydroxyl groups excluding tert-OH is 2. The molecule has 2 rings (SSSR count). The monoisotopic (exact) mass is 327 g/mol. The fourth-order valence-electron chi connectivity index (χ4n) is 3.69. The molecular weight excluding hydrogens is 298 g/mol. The van der Waals surface area contributed by atoms with E-state index in [1.54, 1.807) is 0 Å². The number of hydrogen-bond acceptors (Lipinski definition) is 5. The van der Waals surface area contributed by atoms with Crippen LogP contribution in [0.3, 0.4) is 0 Å². The third kappa shape index (κ3) is 4.93. The highest BCUT2D eigenvalue weighted by Crippen LogP contribution is 2.50. The van der Waals surface area contributed by atoms with Crippen LogP contribution < -0.4 is 5.48 Å². The maximum atomic E-state index is 10.4. The van der Waals surface area contributed by atoms with Gasteiger partial charge in [0, 0.05) is 12.1 Å². The molecule has 1 fully saturated rings. The fourth-order valence-corrected chi connectivity index (χ4v) is 3.69. The van der Waals surface area contributed by atoms with Gasteiger partial charge in [0.15, 0.2) is 0 Å². The van der Waals surface area contributed by atoms with E-state index in [-0.39, 0.29) is 24.5 Å². The van der Waals surface area contributed by atoms with Crippen LogP contribution >= 0.6 is 0 Å². The van der Waals surface area contributed by atoms with E-state index in [4.69, 9.17) is 9.94 Å². The van der Waals surface area contributed by atoms with Gasteiger partial charge in [0.1, 0.15) is 0 Å². The van der Waals surface area contributed by atoms with Gasteiger partial charge in [-0.2, -0.15) is 0 Å². The second-order valence-electron chi connectivity index (χ2n) is 6.72. The highest BCUT2D eigenvalue weighted by Gasteiger charge is 2.45. The van der Waals surface area contributed by atoms with Crippen LogP contribution in [-0.2, 0) is 9.63 Å². The van der Waals surface area contributed by atoms with Crippen LogP contribution in [0.15, 0.2) is 11.3 Å². The van der Waals surface area contributed by atoms with E-state index in [1.807, 2.05) is 0 Å². The number of rotatable bonds is 11. The average Bonchev–Trinajstić information content (AvgIpc) is 2.72. The summed E-state index contributed by atoms with van der Waals surface area (Å²) in [5.74, 6) is -0.163. The Morgan fingerprint density at radius 1 is 1.39 bits per heavy atom. The summed E-state index contributed by atoms with van der Waals surface area (Å²) in [6, 6.07) is 0. The molecule has 0 aromatic carbocycles. The number of hydrogen-bond donors (Lipinski definition) is 4. The number of carboxylic acid groups (broad SMARTS) is 1. The molecule has 0 bridgehead atoms. The van der Waals surface area contributed by atoms with Gasteiger partial charge in [0.05, 0.1) is 18.8 Å². The van der Waals surface area contributed by atoms with E-state index in [0.717, 1.165) is 37.8 Å². The van der Waals surface area contributed by atoms with Gasteiger partial charge in [-0.1, -0.05) is 13.3 Å². The fraction of sp³-hybridized carbons (Fsp3) is 0.824. The van der Waals surface area contributed by atoms with Crippen molar-refractivity contribution >= 4 is 5.97 Å².